The number of amidine groups is 1. The lowest BCUT2D eigenvalue weighted by Gasteiger charge is -2.03. The third kappa shape index (κ3) is 4.58. The van der Waals surface area contributed by atoms with Crippen molar-refractivity contribution in [3.8, 4) is 5.75 Å². The Hall–Kier alpha value is -2.86. The summed E-state index contributed by atoms with van der Waals surface area (Å²) < 4.78 is 18.3. The van der Waals surface area contributed by atoms with E-state index in [4.69, 9.17) is 4.74 Å². The van der Waals surface area contributed by atoms with Crippen LogP contribution in [0.4, 0.5) is 10.1 Å². The van der Waals surface area contributed by atoms with E-state index in [0.717, 1.165) is 11.3 Å². The first-order valence-corrected chi connectivity index (χ1v) is 8.34. The van der Waals surface area contributed by atoms with Crippen LogP contribution in [-0.4, -0.2) is 17.7 Å². The van der Waals surface area contributed by atoms with Crippen molar-refractivity contribution < 1.29 is 13.9 Å². The molecule has 2 aromatic carbocycles. The highest BCUT2D eigenvalue weighted by molar-refractivity contribution is 8.18. The maximum absolute atomic E-state index is 12.9. The summed E-state index contributed by atoms with van der Waals surface area (Å²) in [6, 6.07) is 13.2. The molecule has 1 heterocycles. The van der Waals surface area contributed by atoms with Crippen LogP contribution >= 0.6 is 11.8 Å². The van der Waals surface area contributed by atoms with Crippen molar-refractivity contribution in [3.05, 3.63) is 77.5 Å². The quantitative estimate of drug-likeness (QED) is 0.644. The minimum atomic E-state index is -0.326. The molecule has 1 saturated heterocycles. The molecule has 0 unspecified atom stereocenters. The normalized spacial score (nSPS) is 16.9. The summed E-state index contributed by atoms with van der Waals surface area (Å²) in [5.74, 6) is 0.204. The van der Waals surface area contributed by atoms with Gasteiger partial charge in [-0.15, -0.1) is 0 Å². The Labute approximate surface area is 149 Å². The number of carbonyl (C=O) groups is 1. The van der Waals surface area contributed by atoms with E-state index >= 15 is 0 Å². The number of carbonyl (C=O) groups excluding carboxylic acids is 1. The van der Waals surface area contributed by atoms with Crippen LogP contribution in [-0.2, 0) is 4.79 Å². The maximum Gasteiger partial charge on any atom is 0.264 e. The van der Waals surface area contributed by atoms with Crippen LogP contribution in [0.15, 0.2) is 71.1 Å². The van der Waals surface area contributed by atoms with Gasteiger partial charge in [-0.1, -0.05) is 24.8 Å². The fourth-order valence-electron chi connectivity index (χ4n) is 2.08. The van der Waals surface area contributed by atoms with E-state index in [1.165, 1.54) is 23.9 Å². The summed E-state index contributed by atoms with van der Waals surface area (Å²) in [6.45, 7) is 4.05. The summed E-state index contributed by atoms with van der Waals surface area (Å²) in [7, 11) is 0. The SMILES string of the molecule is C=CCOc1ccc(/C=C2/SC(=Nc3ccc(F)cc3)NC2=O)cc1. The Bertz CT molecular complexity index is 843. The third-order valence-electron chi connectivity index (χ3n) is 3.25. The van der Waals surface area contributed by atoms with E-state index in [1.54, 1.807) is 24.3 Å². The monoisotopic (exact) mass is 354 g/mol. The number of hydrogen-bond acceptors (Lipinski definition) is 4. The minimum absolute atomic E-state index is 0.210. The molecule has 1 amide bonds. The molecule has 2 aromatic rings. The first kappa shape index (κ1) is 17.0. The second-order valence-electron chi connectivity index (χ2n) is 5.13. The number of nitrogens with zero attached hydrogens (tertiary/aromatic N) is 1. The molecule has 126 valence electrons. The van der Waals surface area contributed by atoms with Gasteiger partial charge in [0.1, 0.15) is 18.2 Å². The number of amides is 1. The van der Waals surface area contributed by atoms with E-state index in [2.05, 4.69) is 16.9 Å². The number of benzene rings is 2. The molecule has 6 heteroatoms. The summed E-state index contributed by atoms with van der Waals surface area (Å²) in [5.41, 5.74) is 1.46. The van der Waals surface area contributed by atoms with Crippen LogP contribution in [0.5, 0.6) is 5.75 Å². The molecule has 1 fully saturated rings. The predicted octanol–water partition coefficient (Wildman–Crippen LogP) is 4.28. The molecule has 0 radical (unpaired) electrons. The van der Waals surface area contributed by atoms with Crippen molar-refractivity contribution in [2.45, 2.75) is 0 Å². The second kappa shape index (κ2) is 7.81. The number of halogens is 1. The van der Waals surface area contributed by atoms with Crippen LogP contribution in [0.25, 0.3) is 6.08 Å². The van der Waals surface area contributed by atoms with Crippen LogP contribution in [0.3, 0.4) is 0 Å². The van der Waals surface area contributed by atoms with Gasteiger partial charge in [0.2, 0.25) is 0 Å². The standard InChI is InChI=1S/C19H15FN2O2S/c1-2-11-24-16-9-3-13(4-10-16)12-17-18(23)22-19(25-17)21-15-7-5-14(20)6-8-15/h2-10,12H,1,11H2,(H,21,22,23)/b17-12+. The van der Waals surface area contributed by atoms with Gasteiger partial charge in [-0.25, -0.2) is 9.38 Å². The molecule has 0 aliphatic carbocycles. The molecule has 3 rings (SSSR count). The van der Waals surface area contributed by atoms with Gasteiger partial charge < -0.3 is 10.1 Å². The van der Waals surface area contributed by atoms with Crippen molar-refractivity contribution >= 4 is 34.6 Å². The maximum atomic E-state index is 12.9. The van der Waals surface area contributed by atoms with Gasteiger partial charge in [-0.2, -0.15) is 0 Å². The molecule has 0 spiro atoms. The predicted molar refractivity (Wildman–Crippen MR) is 99.3 cm³/mol. The lowest BCUT2D eigenvalue weighted by Crippen LogP contribution is -2.19. The molecular weight excluding hydrogens is 339 g/mol. The van der Waals surface area contributed by atoms with E-state index in [0.29, 0.717) is 22.4 Å². The molecule has 1 aliphatic heterocycles. The van der Waals surface area contributed by atoms with Gasteiger partial charge in [-0.3, -0.25) is 4.79 Å². The van der Waals surface area contributed by atoms with Crippen LogP contribution < -0.4 is 10.1 Å². The Balaban J connectivity index is 1.72. The third-order valence-corrected chi connectivity index (χ3v) is 4.16. The Kier molecular flexibility index (Phi) is 5.30. The fraction of sp³-hybridized carbons (Fsp3) is 0.0526. The van der Waals surface area contributed by atoms with Gasteiger partial charge in [0.05, 0.1) is 10.6 Å². The lowest BCUT2D eigenvalue weighted by atomic mass is 10.2. The van der Waals surface area contributed by atoms with Crippen LogP contribution in [0, 0.1) is 5.82 Å². The zero-order valence-electron chi connectivity index (χ0n) is 13.2. The minimum Gasteiger partial charge on any atom is -0.490 e. The van der Waals surface area contributed by atoms with Crippen molar-refractivity contribution in [2.24, 2.45) is 4.99 Å². The van der Waals surface area contributed by atoms with Crippen LogP contribution in [0.1, 0.15) is 5.56 Å². The number of nitrogens with one attached hydrogen (secondary N) is 1. The molecule has 0 saturated carbocycles. The van der Waals surface area contributed by atoms with Gasteiger partial charge >= 0.3 is 0 Å². The first-order valence-electron chi connectivity index (χ1n) is 7.53. The molecule has 25 heavy (non-hydrogen) atoms. The lowest BCUT2D eigenvalue weighted by molar-refractivity contribution is -0.115. The van der Waals surface area contributed by atoms with Crippen molar-refractivity contribution in [1.29, 1.82) is 0 Å². The summed E-state index contributed by atoms with van der Waals surface area (Å²) in [4.78, 5) is 16.9. The first-order chi connectivity index (χ1) is 12.1. The molecule has 1 aliphatic rings. The van der Waals surface area contributed by atoms with E-state index in [1.807, 2.05) is 24.3 Å². The highest BCUT2D eigenvalue weighted by Gasteiger charge is 2.23. The van der Waals surface area contributed by atoms with E-state index in [9.17, 15) is 9.18 Å². The number of aliphatic imine (C=N–C) groups is 1. The highest BCUT2D eigenvalue weighted by Crippen LogP contribution is 2.28. The van der Waals surface area contributed by atoms with Gasteiger partial charge in [0.25, 0.3) is 5.91 Å². The van der Waals surface area contributed by atoms with Gasteiger partial charge in [0.15, 0.2) is 5.17 Å². The zero-order chi connectivity index (χ0) is 17.6. The fourth-order valence-corrected chi connectivity index (χ4v) is 2.92. The molecule has 1 N–H and O–H groups in total. The number of thioether (sulfide) groups is 1. The summed E-state index contributed by atoms with van der Waals surface area (Å²) in [6.07, 6.45) is 3.46. The van der Waals surface area contributed by atoms with Crippen molar-refractivity contribution in [1.82, 2.24) is 5.32 Å². The van der Waals surface area contributed by atoms with Crippen molar-refractivity contribution in [2.75, 3.05) is 6.61 Å². The molecule has 0 atom stereocenters. The molecule has 4 nitrogen and oxygen atoms in total. The second-order valence-corrected chi connectivity index (χ2v) is 6.16. The zero-order valence-corrected chi connectivity index (χ0v) is 14.1. The highest BCUT2D eigenvalue weighted by atomic mass is 32.2. The topological polar surface area (TPSA) is 50.7 Å². The number of ether oxygens (including phenoxy) is 1. The van der Waals surface area contributed by atoms with E-state index < -0.39 is 0 Å². The molecular formula is C19H15FN2O2S. The largest absolute Gasteiger partial charge is 0.490 e. The van der Waals surface area contributed by atoms with E-state index in [-0.39, 0.29) is 11.7 Å². The summed E-state index contributed by atoms with van der Waals surface area (Å²) >= 11 is 1.24. The smallest absolute Gasteiger partial charge is 0.264 e. The molecule has 0 bridgehead atoms. The average Bonchev–Trinajstić information content (AvgIpc) is 2.95. The Morgan fingerprint density at radius 1 is 1.16 bits per heavy atom. The number of rotatable bonds is 5. The Morgan fingerprint density at radius 2 is 1.88 bits per heavy atom. The molecule has 0 aromatic heterocycles. The average molecular weight is 354 g/mol. The van der Waals surface area contributed by atoms with Crippen LogP contribution in [0.2, 0.25) is 0 Å². The van der Waals surface area contributed by atoms with Gasteiger partial charge in [-0.05, 0) is 59.8 Å². The van der Waals surface area contributed by atoms with Gasteiger partial charge in [0, 0.05) is 0 Å². The number of hydrogen-bond donors (Lipinski definition) is 1. The Morgan fingerprint density at radius 3 is 2.56 bits per heavy atom. The van der Waals surface area contributed by atoms with Crippen molar-refractivity contribution in [3.63, 3.8) is 0 Å². The summed E-state index contributed by atoms with van der Waals surface area (Å²) in [5, 5.41) is 3.17.